The van der Waals surface area contributed by atoms with E-state index in [1.54, 1.807) is 26.0 Å². The summed E-state index contributed by atoms with van der Waals surface area (Å²) in [6, 6.07) is 0. The molecule has 0 unspecified atom stereocenters. The number of carbonyl (C=O) groups is 4. The largest absolute Gasteiger partial charge is 0.463 e. The van der Waals surface area contributed by atoms with Crippen LogP contribution < -0.4 is 10.6 Å². The number of anilines is 2. The molecule has 2 aliphatic carbocycles. The van der Waals surface area contributed by atoms with Gasteiger partial charge in [-0.25, -0.2) is 19.6 Å². The van der Waals surface area contributed by atoms with Crippen LogP contribution in [0.1, 0.15) is 39.5 Å². The van der Waals surface area contributed by atoms with Gasteiger partial charge in [0.05, 0.1) is 42.7 Å². The van der Waals surface area contributed by atoms with E-state index in [9.17, 15) is 19.2 Å². The van der Waals surface area contributed by atoms with Gasteiger partial charge in [0.2, 0.25) is 5.95 Å². The molecule has 0 radical (unpaired) electrons. The molecule has 10 heteroatoms. The molecule has 0 atom stereocenters. The van der Waals surface area contributed by atoms with E-state index >= 15 is 0 Å². The number of esters is 2. The Labute approximate surface area is 196 Å². The van der Waals surface area contributed by atoms with E-state index in [4.69, 9.17) is 9.47 Å². The van der Waals surface area contributed by atoms with Crippen LogP contribution in [-0.4, -0.2) is 46.7 Å². The lowest BCUT2D eigenvalue weighted by Gasteiger charge is -2.17. The lowest BCUT2D eigenvalue weighted by Crippen LogP contribution is -2.18. The first-order valence-electron chi connectivity index (χ1n) is 10.9. The molecule has 10 nitrogen and oxygen atoms in total. The molecule has 1 aromatic heterocycles. The van der Waals surface area contributed by atoms with Crippen molar-refractivity contribution in [3.05, 3.63) is 59.2 Å². The average Bonchev–Trinajstić information content (AvgIpc) is 2.79. The Balaban J connectivity index is 1.58. The van der Waals surface area contributed by atoms with Crippen molar-refractivity contribution in [1.82, 2.24) is 9.97 Å². The second kappa shape index (κ2) is 11.7. The van der Waals surface area contributed by atoms with Gasteiger partial charge in [0.1, 0.15) is 0 Å². The number of hydrogen-bond acceptors (Lipinski definition) is 10. The Hall–Kier alpha value is -4.08. The summed E-state index contributed by atoms with van der Waals surface area (Å²) in [4.78, 5) is 56.2. The second-order valence-electron chi connectivity index (χ2n) is 7.50. The lowest BCUT2D eigenvalue weighted by atomic mass is 9.97. The summed E-state index contributed by atoms with van der Waals surface area (Å²) in [5.74, 6) is -1.03. The Kier molecular flexibility index (Phi) is 8.44. The molecule has 0 bridgehead atoms. The second-order valence-corrected chi connectivity index (χ2v) is 7.50. The van der Waals surface area contributed by atoms with Gasteiger partial charge in [-0.05, 0) is 26.7 Å². The van der Waals surface area contributed by atoms with E-state index in [0.29, 0.717) is 41.1 Å². The molecule has 34 heavy (non-hydrogen) atoms. The number of Topliss-reactive ketones (excluding diaryl/α,β-unsaturated/α-hetero) is 2. The quantitative estimate of drug-likeness (QED) is 0.435. The molecule has 0 spiro atoms. The van der Waals surface area contributed by atoms with Crippen LogP contribution in [-0.2, 0) is 28.7 Å². The minimum Gasteiger partial charge on any atom is -0.463 e. The summed E-state index contributed by atoms with van der Waals surface area (Å²) in [6.45, 7) is 4.00. The van der Waals surface area contributed by atoms with Crippen LogP contribution >= 0.6 is 0 Å². The van der Waals surface area contributed by atoms with Gasteiger partial charge in [-0.15, -0.1) is 0 Å². The van der Waals surface area contributed by atoms with Crippen molar-refractivity contribution in [3.63, 3.8) is 0 Å². The highest BCUT2D eigenvalue weighted by atomic mass is 16.5. The highest BCUT2D eigenvalue weighted by Gasteiger charge is 2.20. The zero-order valence-corrected chi connectivity index (χ0v) is 19.1. The van der Waals surface area contributed by atoms with Crippen LogP contribution in [0.25, 0.3) is 0 Å². The standard InChI is InChI=1S/C24H26N4O6/c1-3-33-22(31)11-15-5-7-18(20(29)9-15)27-17-13-25-24(26-14-17)28-19-8-6-16(10-21(19)30)12-23(32)34-4-2/h7-8,11-14,27H,3-6,9-10H2,1-2H3,(H,25,26,28). The van der Waals surface area contributed by atoms with Crippen LogP contribution in [0.2, 0.25) is 0 Å². The number of rotatable bonds is 8. The molecule has 0 saturated carbocycles. The van der Waals surface area contributed by atoms with Crippen molar-refractivity contribution in [2.24, 2.45) is 0 Å². The molecule has 178 valence electrons. The summed E-state index contributed by atoms with van der Waals surface area (Å²) >= 11 is 0. The van der Waals surface area contributed by atoms with Gasteiger partial charge in [-0.3, -0.25) is 9.59 Å². The molecular weight excluding hydrogens is 440 g/mol. The molecule has 0 saturated heterocycles. The minimum atomic E-state index is -0.459. The smallest absolute Gasteiger partial charge is 0.330 e. The first-order valence-corrected chi connectivity index (χ1v) is 10.9. The van der Waals surface area contributed by atoms with Gasteiger partial charge in [-0.2, -0.15) is 0 Å². The first kappa shape index (κ1) is 24.6. The Morgan fingerprint density at radius 1 is 0.853 bits per heavy atom. The fraction of sp³-hybridized carbons (Fsp3) is 0.333. The number of ether oxygens (including phenoxy) is 2. The monoisotopic (exact) mass is 466 g/mol. The van der Waals surface area contributed by atoms with Crippen molar-refractivity contribution in [2.75, 3.05) is 23.8 Å². The van der Waals surface area contributed by atoms with Crippen LogP contribution in [0, 0.1) is 0 Å². The Morgan fingerprint density at radius 3 is 1.76 bits per heavy atom. The maximum absolute atomic E-state index is 12.4. The summed E-state index contributed by atoms with van der Waals surface area (Å²) < 4.78 is 9.74. The highest BCUT2D eigenvalue weighted by molar-refractivity contribution is 6.02. The Bertz CT molecular complexity index is 1010. The third-order valence-electron chi connectivity index (χ3n) is 4.91. The molecule has 2 N–H and O–H groups in total. The normalized spacial score (nSPS) is 18.3. The molecule has 0 fully saturated rings. The number of ketones is 2. The number of allylic oxidation sites excluding steroid dienone is 6. The van der Waals surface area contributed by atoms with Crippen molar-refractivity contribution in [3.8, 4) is 0 Å². The third-order valence-corrected chi connectivity index (χ3v) is 4.91. The first-order chi connectivity index (χ1) is 16.4. The third kappa shape index (κ3) is 6.96. The highest BCUT2D eigenvalue weighted by Crippen LogP contribution is 2.23. The van der Waals surface area contributed by atoms with E-state index in [1.165, 1.54) is 24.5 Å². The number of nitrogens with one attached hydrogen (secondary N) is 2. The van der Waals surface area contributed by atoms with Crippen LogP contribution in [0.15, 0.2) is 59.2 Å². The van der Waals surface area contributed by atoms with Crippen LogP contribution in [0.4, 0.5) is 11.6 Å². The molecule has 0 amide bonds. The van der Waals surface area contributed by atoms with E-state index in [1.807, 2.05) is 0 Å². The van der Waals surface area contributed by atoms with Crippen LogP contribution in [0.3, 0.4) is 0 Å². The maximum atomic E-state index is 12.4. The van der Waals surface area contributed by atoms with Crippen LogP contribution in [0.5, 0.6) is 0 Å². The predicted molar refractivity (Wildman–Crippen MR) is 123 cm³/mol. The van der Waals surface area contributed by atoms with Gasteiger partial charge < -0.3 is 20.1 Å². The summed E-state index contributed by atoms with van der Waals surface area (Å²) in [5.41, 5.74) is 2.63. The zero-order valence-electron chi connectivity index (χ0n) is 19.1. The average molecular weight is 466 g/mol. The van der Waals surface area contributed by atoms with Gasteiger partial charge in [-0.1, -0.05) is 23.3 Å². The number of nitrogens with zero attached hydrogens (tertiary/aromatic N) is 2. The van der Waals surface area contributed by atoms with Crippen molar-refractivity contribution in [2.45, 2.75) is 39.5 Å². The van der Waals surface area contributed by atoms with Gasteiger partial charge >= 0.3 is 11.9 Å². The predicted octanol–water partition coefficient (Wildman–Crippen LogP) is 2.77. The van der Waals surface area contributed by atoms with Gasteiger partial charge in [0.15, 0.2) is 11.6 Å². The lowest BCUT2D eigenvalue weighted by molar-refractivity contribution is -0.138. The van der Waals surface area contributed by atoms with E-state index in [-0.39, 0.29) is 43.6 Å². The van der Waals surface area contributed by atoms with E-state index < -0.39 is 11.9 Å². The van der Waals surface area contributed by atoms with Crippen molar-refractivity contribution >= 4 is 35.1 Å². The zero-order chi connectivity index (χ0) is 24.5. The number of hydrogen-bond donors (Lipinski definition) is 2. The van der Waals surface area contributed by atoms with Crippen molar-refractivity contribution in [1.29, 1.82) is 0 Å². The molecule has 0 aliphatic heterocycles. The molecule has 1 heterocycles. The molecule has 0 aromatic carbocycles. The SMILES string of the molecule is CCOC(=O)C=C1CC=C(Nc2cnc(NC3=CCC(=CC(=O)OCC)CC3=O)nc2)C(=O)C1. The number of carbonyl (C=O) groups excluding carboxylic acids is 4. The van der Waals surface area contributed by atoms with Crippen molar-refractivity contribution < 1.29 is 28.7 Å². The number of aromatic nitrogens is 2. The van der Waals surface area contributed by atoms with Gasteiger partial charge in [0.25, 0.3) is 0 Å². The van der Waals surface area contributed by atoms with Gasteiger partial charge in [0, 0.05) is 25.0 Å². The minimum absolute atomic E-state index is 0.111. The fourth-order valence-electron chi connectivity index (χ4n) is 3.34. The topological polar surface area (TPSA) is 137 Å². The molecular formula is C24H26N4O6. The summed E-state index contributed by atoms with van der Waals surface area (Å²) in [6.07, 6.45) is 10.2. The maximum Gasteiger partial charge on any atom is 0.330 e. The Morgan fingerprint density at radius 2 is 1.32 bits per heavy atom. The van der Waals surface area contributed by atoms with E-state index in [2.05, 4.69) is 20.6 Å². The molecule has 2 aliphatic rings. The molecule has 1 aromatic rings. The fourth-order valence-corrected chi connectivity index (χ4v) is 3.34. The molecule has 3 rings (SSSR count). The summed E-state index contributed by atoms with van der Waals surface area (Å²) in [7, 11) is 0. The summed E-state index contributed by atoms with van der Waals surface area (Å²) in [5, 5.41) is 5.88. The van der Waals surface area contributed by atoms with E-state index in [0.717, 1.165) is 0 Å².